The summed E-state index contributed by atoms with van der Waals surface area (Å²) in [5, 5.41) is 8.28. The van der Waals surface area contributed by atoms with E-state index in [1.54, 1.807) is 6.07 Å². The molecule has 0 saturated heterocycles. The summed E-state index contributed by atoms with van der Waals surface area (Å²) in [7, 11) is 0. The van der Waals surface area contributed by atoms with Crippen LogP contribution in [0.1, 0.15) is 12.7 Å². The number of furan rings is 1. The zero-order valence-corrected chi connectivity index (χ0v) is 6.37. The topological polar surface area (TPSA) is 50.4 Å². The molecule has 0 saturated carbocycles. The van der Waals surface area contributed by atoms with E-state index >= 15 is 0 Å². The monoisotopic (exact) mass is 170 g/mol. The summed E-state index contributed by atoms with van der Waals surface area (Å²) in [6.07, 6.45) is 1.36. The molecule has 12 heavy (non-hydrogen) atoms. The minimum atomic E-state index is -1.58. The smallest absolute Gasteiger partial charge is 0.365 e. The third kappa shape index (κ3) is 1.53. The van der Waals surface area contributed by atoms with Gasteiger partial charge >= 0.3 is 5.97 Å². The number of allylic oxidation sites excluding steroid dienone is 1. The predicted molar refractivity (Wildman–Crippen MR) is 40.0 cm³/mol. The van der Waals surface area contributed by atoms with Crippen LogP contribution in [0, 0.1) is 0 Å². The van der Waals surface area contributed by atoms with Crippen molar-refractivity contribution in [3.63, 3.8) is 0 Å². The normalized spacial score (nSPS) is 12.5. The minimum Gasteiger partial charge on any atom is -0.476 e. The van der Waals surface area contributed by atoms with Crippen molar-refractivity contribution in [2.24, 2.45) is 0 Å². The molecule has 0 spiro atoms. The fourth-order valence-electron chi connectivity index (χ4n) is 0.761. The quantitative estimate of drug-likeness (QED) is 0.691. The van der Waals surface area contributed by atoms with Gasteiger partial charge in [0.25, 0.3) is 0 Å². The van der Waals surface area contributed by atoms with Crippen LogP contribution < -0.4 is 0 Å². The van der Waals surface area contributed by atoms with Crippen LogP contribution in [0.5, 0.6) is 0 Å². The van der Waals surface area contributed by atoms with Crippen LogP contribution in [0.3, 0.4) is 0 Å². The van der Waals surface area contributed by atoms with Crippen LogP contribution in [0.2, 0.25) is 0 Å². The fraction of sp³-hybridized carbons (Fsp3) is 0.125. The first-order chi connectivity index (χ1) is 5.63. The first-order valence-electron chi connectivity index (χ1n) is 3.26. The minimum absolute atomic E-state index is 0.00694. The number of rotatable bonds is 2. The summed E-state index contributed by atoms with van der Waals surface area (Å²) in [4.78, 5) is 10.2. The van der Waals surface area contributed by atoms with Crippen LogP contribution in [-0.4, -0.2) is 11.1 Å². The van der Waals surface area contributed by atoms with Crippen LogP contribution in [0.25, 0.3) is 5.57 Å². The van der Waals surface area contributed by atoms with Crippen molar-refractivity contribution in [1.82, 2.24) is 0 Å². The molecule has 0 aliphatic carbocycles. The van der Waals surface area contributed by atoms with Gasteiger partial charge in [-0.1, -0.05) is 0 Å². The lowest BCUT2D eigenvalue weighted by atomic mass is 10.2. The van der Waals surface area contributed by atoms with Crippen molar-refractivity contribution in [3.8, 4) is 0 Å². The molecule has 1 rings (SSSR count). The molecule has 0 radical (unpaired) electrons. The van der Waals surface area contributed by atoms with Gasteiger partial charge in [-0.25, -0.2) is 4.79 Å². The third-order valence-electron chi connectivity index (χ3n) is 1.41. The summed E-state index contributed by atoms with van der Waals surface area (Å²) in [6, 6.07) is 3.06. The number of hydrogen-bond acceptors (Lipinski definition) is 2. The Balaban J connectivity index is 3.05. The van der Waals surface area contributed by atoms with Gasteiger partial charge in [0.1, 0.15) is 5.76 Å². The number of carboxylic acids is 1. The van der Waals surface area contributed by atoms with E-state index in [0.29, 0.717) is 0 Å². The molecule has 0 aliphatic rings. The van der Waals surface area contributed by atoms with Crippen molar-refractivity contribution in [2.45, 2.75) is 6.92 Å². The first kappa shape index (κ1) is 8.52. The zero-order chi connectivity index (χ0) is 9.14. The lowest BCUT2D eigenvalue weighted by molar-refractivity contribution is -0.134. The van der Waals surface area contributed by atoms with Crippen LogP contribution in [-0.2, 0) is 4.79 Å². The van der Waals surface area contributed by atoms with Gasteiger partial charge < -0.3 is 9.52 Å². The van der Waals surface area contributed by atoms with Crippen molar-refractivity contribution >= 4 is 11.5 Å². The Morgan fingerprint density at radius 3 is 2.75 bits per heavy atom. The van der Waals surface area contributed by atoms with Gasteiger partial charge in [0.2, 0.25) is 5.83 Å². The maximum absolute atomic E-state index is 12.7. The Bertz CT molecular complexity index is 311. The predicted octanol–water partition coefficient (Wildman–Crippen LogP) is 2.06. The van der Waals surface area contributed by atoms with Crippen LogP contribution in [0.15, 0.2) is 28.6 Å². The molecule has 1 N–H and O–H groups in total. The van der Waals surface area contributed by atoms with Gasteiger partial charge in [-0.05, 0) is 19.1 Å². The van der Waals surface area contributed by atoms with Gasteiger partial charge in [-0.15, -0.1) is 0 Å². The highest BCUT2D eigenvalue weighted by Gasteiger charge is 2.12. The molecular formula is C8H7FO3. The van der Waals surface area contributed by atoms with E-state index in [-0.39, 0.29) is 11.3 Å². The highest BCUT2D eigenvalue weighted by atomic mass is 19.1. The zero-order valence-electron chi connectivity index (χ0n) is 6.37. The summed E-state index contributed by atoms with van der Waals surface area (Å²) >= 11 is 0. The number of halogens is 1. The van der Waals surface area contributed by atoms with Gasteiger partial charge in [-0.3, -0.25) is 0 Å². The molecule has 64 valence electrons. The second kappa shape index (κ2) is 3.21. The van der Waals surface area contributed by atoms with Crippen molar-refractivity contribution in [2.75, 3.05) is 0 Å². The van der Waals surface area contributed by atoms with E-state index in [1.165, 1.54) is 19.3 Å². The molecule has 0 amide bonds. The molecule has 1 heterocycles. The SMILES string of the molecule is CC(=C(F)C(=O)O)c1ccco1. The maximum atomic E-state index is 12.7. The van der Waals surface area contributed by atoms with Crippen LogP contribution in [0.4, 0.5) is 4.39 Å². The molecule has 0 bridgehead atoms. The Morgan fingerprint density at radius 2 is 2.33 bits per heavy atom. The average molecular weight is 170 g/mol. The molecule has 1 aromatic rings. The Labute approximate surface area is 68.1 Å². The molecular weight excluding hydrogens is 163 g/mol. The molecule has 4 heteroatoms. The van der Waals surface area contributed by atoms with Gasteiger partial charge in [-0.2, -0.15) is 4.39 Å². The van der Waals surface area contributed by atoms with E-state index in [4.69, 9.17) is 9.52 Å². The van der Waals surface area contributed by atoms with E-state index < -0.39 is 11.8 Å². The van der Waals surface area contributed by atoms with Crippen molar-refractivity contribution in [3.05, 3.63) is 30.0 Å². The second-order valence-electron chi connectivity index (χ2n) is 2.22. The largest absolute Gasteiger partial charge is 0.476 e. The standard InChI is InChI=1S/C8H7FO3/c1-5(7(9)8(10)11)6-3-2-4-12-6/h2-4H,1H3,(H,10,11). The molecule has 0 fully saturated rings. The summed E-state index contributed by atoms with van der Waals surface area (Å²) in [5.41, 5.74) is -0.00694. The number of aliphatic carboxylic acids is 1. The van der Waals surface area contributed by atoms with E-state index in [1.807, 2.05) is 0 Å². The fourth-order valence-corrected chi connectivity index (χ4v) is 0.761. The van der Waals surface area contributed by atoms with Gasteiger partial charge in [0.15, 0.2) is 0 Å². The first-order valence-corrected chi connectivity index (χ1v) is 3.26. The molecule has 0 unspecified atom stereocenters. The molecule has 0 atom stereocenters. The number of carboxylic acid groups (broad SMARTS) is 1. The number of carbonyl (C=O) groups is 1. The lowest BCUT2D eigenvalue weighted by Gasteiger charge is -1.95. The maximum Gasteiger partial charge on any atom is 0.365 e. The highest BCUT2D eigenvalue weighted by Crippen LogP contribution is 2.19. The Morgan fingerprint density at radius 1 is 1.67 bits per heavy atom. The van der Waals surface area contributed by atoms with Crippen molar-refractivity contribution in [1.29, 1.82) is 0 Å². The van der Waals surface area contributed by atoms with Gasteiger partial charge in [0, 0.05) is 5.57 Å². The number of hydrogen-bond donors (Lipinski definition) is 1. The third-order valence-corrected chi connectivity index (χ3v) is 1.41. The molecule has 0 aromatic carbocycles. The molecule has 0 aliphatic heterocycles. The van der Waals surface area contributed by atoms with E-state index in [0.717, 1.165) is 0 Å². The highest BCUT2D eigenvalue weighted by molar-refractivity contribution is 5.92. The van der Waals surface area contributed by atoms with Crippen molar-refractivity contribution < 1.29 is 18.7 Å². The average Bonchev–Trinajstić information content (AvgIpc) is 2.53. The molecule has 1 aromatic heterocycles. The lowest BCUT2D eigenvalue weighted by Crippen LogP contribution is -1.97. The summed E-state index contributed by atoms with van der Waals surface area (Å²) in [5.74, 6) is -2.54. The second-order valence-corrected chi connectivity index (χ2v) is 2.22. The van der Waals surface area contributed by atoms with Crippen LogP contribution >= 0.6 is 0 Å². The van der Waals surface area contributed by atoms with E-state index in [9.17, 15) is 9.18 Å². The van der Waals surface area contributed by atoms with E-state index in [2.05, 4.69) is 0 Å². The summed E-state index contributed by atoms with van der Waals surface area (Å²) < 4.78 is 17.5. The molecule has 3 nitrogen and oxygen atoms in total. The van der Waals surface area contributed by atoms with Gasteiger partial charge in [0.05, 0.1) is 6.26 Å². The Kier molecular flexibility index (Phi) is 2.28. The Hall–Kier alpha value is -1.58. The summed E-state index contributed by atoms with van der Waals surface area (Å²) in [6.45, 7) is 1.35.